The highest BCUT2D eigenvalue weighted by Gasteiger charge is 2.36. The quantitative estimate of drug-likeness (QED) is 0.695. The molecule has 3 heterocycles. The van der Waals surface area contributed by atoms with Gasteiger partial charge in [-0.1, -0.05) is 42.4 Å². The number of likely N-dealkylation sites (tertiary alicyclic amines) is 1. The zero-order valence-electron chi connectivity index (χ0n) is 14.8. The predicted molar refractivity (Wildman–Crippen MR) is 99.0 cm³/mol. The van der Waals surface area contributed by atoms with E-state index in [0.29, 0.717) is 18.3 Å². The summed E-state index contributed by atoms with van der Waals surface area (Å²) in [6, 6.07) is 9.55. The van der Waals surface area contributed by atoms with Crippen molar-refractivity contribution >= 4 is 17.2 Å². The van der Waals surface area contributed by atoms with Crippen LogP contribution in [0.4, 0.5) is 0 Å². The molecule has 0 saturated carbocycles. The van der Waals surface area contributed by atoms with Gasteiger partial charge in [-0.2, -0.15) is 4.98 Å². The van der Waals surface area contributed by atoms with Gasteiger partial charge in [-0.05, 0) is 26.2 Å². The van der Waals surface area contributed by atoms with Gasteiger partial charge in [-0.25, -0.2) is 4.98 Å². The van der Waals surface area contributed by atoms with Crippen LogP contribution >= 0.6 is 11.3 Å². The van der Waals surface area contributed by atoms with E-state index in [1.807, 2.05) is 49.1 Å². The van der Waals surface area contributed by atoms with Gasteiger partial charge in [0.25, 0.3) is 5.91 Å². The van der Waals surface area contributed by atoms with Crippen LogP contribution in [0.25, 0.3) is 11.4 Å². The molecule has 0 N–H and O–H groups in total. The Morgan fingerprint density at radius 2 is 2.12 bits per heavy atom. The lowest BCUT2D eigenvalue weighted by molar-refractivity contribution is 0.0713. The van der Waals surface area contributed by atoms with E-state index >= 15 is 0 Å². The maximum Gasteiger partial charge on any atom is 0.266 e. The summed E-state index contributed by atoms with van der Waals surface area (Å²) in [5.41, 5.74) is 1.78. The van der Waals surface area contributed by atoms with Crippen molar-refractivity contribution in [2.75, 3.05) is 6.54 Å². The minimum atomic E-state index is -0.167. The van der Waals surface area contributed by atoms with E-state index in [0.717, 1.165) is 40.4 Å². The van der Waals surface area contributed by atoms with Gasteiger partial charge < -0.3 is 9.42 Å². The number of aromatic nitrogens is 3. The Labute approximate surface area is 155 Å². The van der Waals surface area contributed by atoms with E-state index in [2.05, 4.69) is 15.1 Å². The largest absolute Gasteiger partial charge is 0.337 e. The van der Waals surface area contributed by atoms with Crippen molar-refractivity contribution in [2.45, 2.75) is 39.2 Å². The number of amides is 1. The van der Waals surface area contributed by atoms with Gasteiger partial charge in [0.05, 0.1) is 10.7 Å². The van der Waals surface area contributed by atoms with Crippen LogP contribution in [0.3, 0.4) is 0 Å². The molecule has 3 aromatic rings. The van der Waals surface area contributed by atoms with Crippen LogP contribution in [0, 0.1) is 6.92 Å². The third-order valence-corrected chi connectivity index (χ3v) is 5.61. The molecular formula is C19H20N4O2S. The molecule has 1 aromatic carbocycles. The second-order valence-corrected chi connectivity index (χ2v) is 7.54. The Bertz CT molecular complexity index is 919. The number of rotatable bonds is 4. The van der Waals surface area contributed by atoms with Crippen molar-refractivity contribution in [1.29, 1.82) is 0 Å². The van der Waals surface area contributed by atoms with Crippen LogP contribution in [-0.4, -0.2) is 32.5 Å². The normalized spacial score (nSPS) is 17.0. The first-order valence-corrected chi connectivity index (χ1v) is 9.65. The Morgan fingerprint density at radius 3 is 2.88 bits per heavy atom. The monoisotopic (exact) mass is 368 g/mol. The molecule has 0 radical (unpaired) electrons. The van der Waals surface area contributed by atoms with E-state index in [1.165, 1.54) is 11.3 Å². The number of benzene rings is 1. The number of hydrogen-bond acceptors (Lipinski definition) is 6. The Hall–Kier alpha value is -2.54. The molecule has 1 atom stereocenters. The average molecular weight is 368 g/mol. The summed E-state index contributed by atoms with van der Waals surface area (Å²) in [5, 5.41) is 5.02. The lowest BCUT2D eigenvalue weighted by Crippen LogP contribution is -2.30. The van der Waals surface area contributed by atoms with Crippen molar-refractivity contribution in [1.82, 2.24) is 20.0 Å². The molecule has 1 amide bonds. The lowest BCUT2D eigenvalue weighted by Gasteiger charge is -2.21. The molecule has 1 aliphatic heterocycles. The number of thiazole rings is 1. The first-order valence-electron chi connectivity index (χ1n) is 8.83. The average Bonchev–Trinajstić information content (AvgIpc) is 3.40. The van der Waals surface area contributed by atoms with Gasteiger partial charge in [0, 0.05) is 12.1 Å². The standard InChI is InChI=1S/C19H20N4O2S/c1-3-14-16(26-12(2)20-14)19(24)23-11-7-10-15(23)18-21-17(22-25-18)13-8-5-4-6-9-13/h4-6,8-9,15H,3,7,10-11H2,1-2H3. The summed E-state index contributed by atoms with van der Waals surface area (Å²) < 4.78 is 5.51. The minimum Gasteiger partial charge on any atom is -0.337 e. The van der Waals surface area contributed by atoms with E-state index < -0.39 is 0 Å². The lowest BCUT2D eigenvalue weighted by atomic mass is 10.2. The fourth-order valence-corrected chi connectivity index (χ4v) is 4.31. The molecule has 1 aliphatic rings. The van der Waals surface area contributed by atoms with Gasteiger partial charge in [0.15, 0.2) is 0 Å². The fraction of sp³-hybridized carbons (Fsp3) is 0.368. The SMILES string of the molecule is CCc1nc(C)sc1C(=O)N1CCCC1c1nc(-c2ccccc2)no1. The van der Waals surface area contributed by atoms with Gasteiger partial charge in [0.2, 0.25) is 11.7 Å². The van der Waals surface area contributed by atoms with Crippen molar-refractivity contribution < 1.29 is 9.32 Å². The van der Waals surface area contributed by atoms with Crippen LogP contribution in [0.15, 0.2) is 34.9 Å². The van der Waals surface area contributed by atoms with Gasteiger partial charge >= 0.3 is 0 Å². The van der Waals surface area contributed by atoms with E-state index in [9.17, 15) is 4.79 Å². The Balaban J connectivity index is 1.61. The molecule has 2 aromatic heterocycles. The van der Waals surface area contributed by atoms with E-state index in [-0.39, 0.29) is 11.9 Å². The summed E-state index contributed by atoms with van der Waals surface area (Å²) in [5.74, 6) is 1.09. The molecule has 26 heavy (non-hydrogen) atoms. The molecular weight excluding hydrogens is 348 g/mol. The molecule has 1 fully saturated rings. The Morgan fingerprint density at radius 1 is 1.31 bits per heavy atom. The molecule has 0 spiro atoms. The van der Waals surface area contributed by atoms with Crippen LogP contribution in [0.2, 0.25) is 0 Å². The third kappa shape index (κ3) is 3.03. The summed E-state index contributed by atoms with van der Waals surface area (Å²) in [4.78, 5) is 24.7. The fourth-order valence-electron chi connectivity index (χ4n) is 3.35. The van der Waals surface area contributed by atoms with Crippen molar-refractivity contribution in [3.63, 3.8) is 0 Å². The van der Waals surface area contributed by atoms with E-state index in [4.69, 9.17) is 4.52 Å². The maximum atomic E-state index is 13.1. The van der Waals surface area contributed by atoms with Crippen molar-refractivity contribution in [3.05, 3.63) is 51.8 Å². The highest BCUT2D eigenvalue weighted by atomic mass is 32.1. The number of nitrogens with zero attached hydrogens (tertiary/aromatic N) is 4. The predicted octanol–water partition coefficient (Wildman–Crippen LogP) is 4.04. The first-order chi connectivity index (χ1) is 12.7. The molecule has 134 valence electrons. The van der Waals surface area contributed by atoms with Crippen LogP contribution in [0.1, 0.15) is 52.1 Å². The zero-order valence-corrected chi connectivity index (χ0v) is 15.6. The van der Waals surface area contributed by atoms with Crippen molar-refractivity contribution in [3.8, 4) is 11.4 Å². The Kier molecular flexibility index (Phi) is 4.55. The summed E-state index contributed by atoms with van der Waals surface area (Å²) >= 11 is 1.46. The smallest absolute Gasteiger partial charge is 0.266 e. The molecule has 0 aliphatic carbocycles. The topological polar surface area (TPSA) is 72.1 Å². The summed E-state index contributed by atoms with van der Waals surface area (Å²) in [7, 11) is 0. The van der Waals surface area contributed by atoms with Gasteiger partial charge in [-0.15, -0.1) is 11.3 Å². The molecule has 1 saturated heterocycles. The minimum absolute atomic E-state index is 0.0226. The van der Waals surface area contributed by atoms with Crippen molar-refractivity contribution in [2.24, 2.45) is 0 Å². The molecule has 1 unspecified atom stereocenters. The number of carbonyl (C=O) groups excluding carboxylic acids is 1. The van der Waals surface area contributed by atoms with Crippen LogP contribution in [0.5, 0.6) is 0 Å². The summed E-state index contributed by atoms with van der Waals surface area (Å²) in [6.45, 7) is 4.66. The molecule has 4 rings (SSSR count). The summed E-state index contributed by atoms with van der Waals surface area (Å²) in [6.07, 6.45) is 2.52. The second kappa shape index (κ2) is 6.99. The first kappa shape index (κ1) is 16.9. The van der Waals surface area contributed by atoms with E-state index in [1.54, 1.807) is 0 Å². The zero-order chi connectivity index (χ0) is 18.1. The van der Waals surface area contributed by atoms with Gasteiger partial charge in [-0.3, -0.25) is 4.79 Å². The van der Waals surface area contributed by atoms with Crippen LogP contribution < -0.4 is 0 Å². The maximum absolute atomic E-state index is 13.1. The second-order valence-electron chi connectivity index (χ2n) is 6.34. The number of carbonyl (C=O) groups is 1. The van der Waals surface area contributed by atoms with Gasteiger partial charge in [0.1, 0.15) is 10.9 Å². The highest BCUT2D eigenvalue weighted by molar-refractivity contribution is 7.13. The molecule has 7 heteroatoms. The van der Waals surface area contributed by atoms with Crippen LogP contribution in [-0.2, 0) is 6.42 Å². The number of hydrogen-bond donors (Lipinski definition) is 0. The number of aryl methyl sites for hydroxylation is 2. The molecule has 0 bridgehead atoms. The highest BCUT2D eigenvalue weighted by Crippen LogP contribution is 2.34. The molecule has 6 nitrogen and oxygen atoms in total. The third-order valence-electron chi connectivity index (χ3n) is 4.61.